The summed E-state index contributed by atoms with van der Waals surface area (Å²) >= 11 is -2.38. The molecule has 15 heavy (non-hydrogen) atoms. The maximum absolute atomic E-state index is 10.3. The molecule has 1 aromatic rings. The maximum Gasteiger partial charge on any atom is 0.305 e. The molecule has 0 fully saturated rings. The minimum atomic E-state index is -2.38. The molecule has 0 saturated carbocycles. The Balaban J connectivity index is 2.50. The van der Waals surface area contributed by atoms with Gasteiger partial charge in [-0.15, -0.1) is 0 Å². The highest BCUT2D eigenvalue weighted by Crippen LogP contribution is 2.17. The highest BCUT2D eigenvalue weighted by atomic mass is 32.2. The lowest BCUT2D eigenvalue weighted by atomic mass is 10.3. The molecule has 0 radical (unpaired) electrons. The molecule has 0 amide bonds. The number of ether oxygens (including phenoxy) is 1. The van der Waals surface area contributed by atoms with Gasteiger partial charge in [0, 0.05) is 12.1 Å². The Labute approximate surface area is 87.3 Å². The summed E-state index contributed by atoms with van der Waals surface area (Å²) in [6.45, 7) is -0.402. The summed E-state index contributed by atoms with van der Waals surface area (Å²) in [5, 5.41) is 10.3. The van der Waals surface area contributed by atoms with E-state index in [4.69, 9.17) is 9.29 Å². The quantitative estimate of drug-likeness (QED) is 0.353. The third-order valence-electron chi connectivity index (χ3n) is 1.42. The van der Waals surface area contributed by atoms with Crippen molar-refractivity contribution in [2.75, 3.05) is 6.79 Å². The summed E-state index contributed by atoms with van der Waals surface area (Å²) in [7, 11) is 0. The smallest absolute Gasteiger partial charge is 0.305 e. The second-order valence-corrected chi connectivity index (χ2v) is 3.02. The number of nitro benzene ring substituents is 1. The van der Waals surface area contributed by atoms with E-state index in [1.54, 1.807) is 0 Å². The topological polar surface area (TPSA) is 98.9 Å². The van der Waals surface area contributed by atoms with E-state index in [-0.39, 0.29) is 5.69 Å². The minimum Gasteiger partial charge on any atom is -0.466 e. The molecule has 0 saturated heterocycles. The van der Waals surface area contributed by atoms with Gasteiger partial charge in [0.05, 0.1) is 4.92 Å². The molecule has 0 aromatic heterocycles. The van der Waals surface area contributed by atoms with E-state index < -0.39 is 23.1 Å². The number of benzene rings is 1. The van der Waals surface area contributed by atoms with Gasteiger partial charge in [-0.2, -0.15) is 4.21 Å². The lowest BCUT2D eigenvalue weighted by Crippen LogP contribution is -2.04. The zero-order valence-electron chi connectivity index (χ0n) is 7.36. The minimum absolute atomic E-state index is 0.0611. The van der Waals surface area contributed by atoms with Gasteiger partial charge in [0.25, 0.3) is 5.69 Å². The first-order valence-corrected chi connectivity index (χ1v) is 4.74. The Hall–Kier alpha value is -1.51. The van der Waals surface area contributed by atoms with Gasteiger partial charge >= 0.3 is 11.4 Å². The molecule has 1 rings (SSSR count). The predicted octanol–water partition coefficient (Wildman–Crippen LogP) is 1.08. The molecule has 0 bridgehead atoms. The van der Waals surface area contributed by atoms with Crippen LogP contribution in [0, 0.1) is 10.1 Å². The molecule has 1 atom stereocenters. The first-order chi connectivity index (χ1) is 7.09. The van der Waals surface area contributed by atoms with Crippen molar-refractivity contribution in [3.8, 4) is 5.75 Å². The van der Waals surface area contributed by atoms with Gasteiger partial charge in [0.1, 0.15) is 5.75 Å². The van der Waals surface area contributed by atoms with Gasteiger partial charge in [-0.1, -0.05) is 0 Å². The summed E-state index contributed by atoms with van der Waals surface area (Å²) in [6.07, 6.45) is 0. The van der Waals surface area contributed by atoms with E-state index in [1.165, 1.54) is 24.3 Å². The molecule has 0 heterocycles. The van der Waals surface area contributed by atoms with Crippen LogP contribution in [0.4, 0.5) is 5.69 Å². The van der Waals surface area contributed by atoms with Gasteiger partial charge < -0.3 is 4.74 Å². The third-order valence-corrected chi connectivity index (χ3v) is 1.72. The van der Waals surface area contributed by atoms with Crippen LogP contribution in [0.3, 0.4) is 0 Å². The number of non-ortho nitro benzene ring substituents is 1. The van der Waals surface area contributed by atoms with Crippen LogP contribution in [0.1, 0.15) is 0 Å². The molecule has 0 spiro atoms. The monoisotopic (exact) mass is 233 g/mol. The van der Waals surface area contributed by atoms with Crippen LogP contribution < -0.4 is 4.74 Å². The summed E-state index contributed by atoms with van der Waals surface area (Å²) in [5.41, 5.74) is -0.0611. The van der Waals surface area contributed by atoms with Crippen molar-refractivity contribution < 1.29 is 22.6 Å². The van der Waals surface area contributed by atoms with Crippen LogP contribution in [-0.4, -0.2) is 20.5 Å². The molecular formula is C7H7NO6S. The van der Waals surface area contributed by atoms with E-state index in [0.29, 0.717) is 5.75 Å². The molecule has 1 N–H and O–H groups in total. The van der Waals surface area contributed by atoms with Crippen LogP contribution in [0.2, 0.25) is 0 Å². The third kappa shape index (κ3) is 4.02. The van der Waals surface area contributed by atoms with E-state index in [2.05, 4.69) is 4.18 Å². The fourth-order valence-corrected chi connectivity index (χ4v) is 0.928. The van der Waals surface area contributed by atoms with Crippen LogP contribution in [0.5, 0.6) is 5.75 Å². The van der Waals surface area contributed by atoms with Gasteiger partial charge in [-0.05, 0) is 12.1 Å². The highest BCUT2D eigenvalue weighted by Gasteiger charge is 2.04. The Morgan fingerprint density at radius 2 is 2.00 bits per heavy atom. The van der Waals surface area contributed by atoms with Crippen LogP contribution >= 0.6 is 0 Å². The first kappa shape index (κ1) is 11.6. The number of nitrogens with zero attached hydrogens (tertiary/aromatic N) is 1. The van der Waals surface area contributed by atoms with E-state index in [0.717, 1.165) is 0 Å². The van der Waals surface area contributed by atoms with Crippen LogP contribution in [0.25, 0.3) is 0 Å². The molecular weight excluding hydrogens is 226 g/mol. The summed E-state index contributed by atoms with van der Waals surface area (Å²) < 4.78 is 27.3. The maximum atomic E-state index is 10.3. The standard InChI is InChI=1S/C7H7NO6S/c9-8(10)6-1-3-7(4-2-6)13-5-14-15(11)12/h1-4H,5H2,(H,11,12). The fraction of sp³-hybridized carbons (Fsp3) is 0.143. The van der Waals surface area contributed by atoms with Crippen molar-refractivity contribution in [3.63, 3.8) is 0 Å². The van der Waals surface area contributed by atoms with Crippen molar-refractivity contribution in [3.05, 3.63) is 34.4 Å². The Bertz CT molecular complexity index is 364. The molecule has 1 unspecified atom stereocenters. The molecule has 0 aliphatic rings. The lowest BCUT2D eigenvalue weighted by molar-refractivity contribution is -0.384. The van der Waals surface area contributed by atoms with Gasteiger partial charge in [0.2, 0.25) is 6.79 Å². The average molecular weight is 233 g/mol. The summed E-state index contributed by atoms with van der Waals surface area (Å²) in [4.78, 5) is 9.74. The highest BCUT2D eigenvalue weighted by molar-refractivity contribution is 7.74. The molecule has 0 aliphatic heterocycles. The summed E-state index contributed by atoms with van der Waals surface area (Å²) in [6, 6.07) is 5.24. The van der Waals surface area contributed by atoms with Crippen molar-refractivity contribution in [1.82, 2.24) is 0 Å². The van der Waals surface area contributed by atoms with Crippen molar-refractivity contribution in [2.24, 2.45) is 0 Å². The number of rotatable bonds is 5. The Kier molecular flexibility index (Phi) is 4.16. The van der Waals surface area contributed by atoms with Crippen LogP contribution in [-0.2, 0) is 15.5 Å². The fourth-order valence-electron chi connectivity index (χ4n) is 0.797. The Morgan fingerprint density at radius 1 is 1.40 bits per heavy atom. The van der Waals surface area contributed by atoms with E-state index >= 15 is 0 Å². The van der Waals surface area contributed by atoms with Crippen LogP contribution in [0.15, 0.2) is 24.3 Å². The van der Waals surface area contributed by atoms with Crippen molar-refractivity contribution in [2.45, 2.75) is 0 Å². The SMILES string of the molecule is O=[N+]([O-])c1ccc(OCOS(=O)O)cc1. The molecule has 1 aromatic carbocycles. The number of hydrogen-bond donors (Lipinski definition) is 1. The molecule has 0 aliphatic carbocycles. The molecule has 82 valence electrons. The lowest BCUT2D eigenvalue weighted by Gasteiger charge is -2.03. The van der Waals surface area contributed by atoms with Crippen molar-refractivity contribution >= 4 is 17.0 Å². The first-order valence-electron chi connectivity index (χ1n) is 3.71. The number of hydrogen-bond acceptors (Lipinski definition) is 5. The normalized spacial score (nSPS) is 12.1. The second kappa shape index (κ2) is 5.39. The zero-order valence-corrected chi connectivity index (χ0v) is 8.18. The van der Waals surface area contributed by atoms with Gasteiger partial charge in [-0.3, -0.25) is 14.7 Å². The summed E-state index contributed by atoms with van der Waals surface area (Å²) in [5.74, 6) is 0.311. The Morgan fingerprint density at radius 3 is 2.47 bits per heavy atom. The van der Waals surface area contributed by atoms with Crippen molar-refractivity contribution in [1.29, 1.82) is 0 Å². The van der Waals surface area contributed by atoms with Gasteiger partial charge in [0.15, 0.2) is 0 Å². The largest absolute Gasteiger partial charge is 0.466 e. The second-order valence-electron chi connectivity index (χ2n) is 2.35. The zero-order chi connectivity index (χ0) is 11.3. The molecule has 7 nitrogen and oxygen atoms in total. The van der Waals surface area contributed by atoms with E-state index in [1.807, 2.05) is 0 Å². The average Bonchev–Trinajstić information content (AvgIpc) is 2.18. The molecule has 8 heteroatoms. The number of nitro groups is 1. The van der Waals surface area contributed by atoms with E-state index in [9.17, 15) is 14.3 Å². The predicted molar refractivity (Wildman–Crippen MR) is 50.4 cm³/mol. The van der Waals surface area contributed by atoms with Gasteiger partial charge in [-0.25, -0.2) is 4.18 Å².